The number of fused-ring (bicyclic) bond motifs is 4. The maximum atomic E-state index is 14.3. The summed E-state index contributed by atoms with van der Waals surface area (Å²) in [4.78, 5) is 25.6. The Bertz CT molecular complexity index is 1210. The molecule has 2 aromatic carbocycles. The zero-order valence-corrected chi connectivity index (χ0v) is 16.3. The van der Waals surface area contributed by atoms with E-state index in [1.54, 1.807) is 30.3 Å². The standard InChI is InChI=1S/C20H13Cl2FN4O2/c21-11-3-4-16-13(5-11)20(19(29)25-16)7-17(28)26-18-14(20)8-24-27(18)9-10-1-2-12(22)6-15(10)23/h1-6,8H,7,9H2,(H,25,29)(H,26,28). The molecule has 0 saturated heterocycles. The minimum absolute atomic E-state index is 0.0682. The van der Waals surface area contributed by atoms with Gasteiger partial charge in [-0.3, -0.25) is 9.59 Å². The Labute approximate surface area is 174 Å². The van der Waals surface area contributed by atoms with Crippen LogP contribution in [0.2, 0.25) is 10.0 Å². The molecule has 1 aromatic heterocycles. The highest BCUT2D eigenvalue weighted by Gasteiger charge is 2.54. The predicted octanol–water partition coefficient (Wildman–Crippen LogP) is 3.96. The van der Waals surface area contributed by atoms with Crippen LogP contribution in [0, 0.1) is 5.82 Å². The molecule has 6 nitrogen and oxygen atoms in total. The normalized spacial score (nSPS) is 19.7. The van der Waals surface area contributed by atoms with E-state index < -0.39 is 11.2 Å². The van der Waals surface area contributed by atoms with Gasteiger partial charge < -0.3 is 10.6 Å². The van der Waals surface area contributed by atoms with Crippen LogP contribution in [0.25, 0.3) is 0 Å². The van der Waals surface area contributed by atoms with E-state index in [9.17, 15) is 14.0 Å². The number of anilines is 2. The van der Waals surface area contributed by atoms with Crippen LogP contribution in [0.3, 0.4) is 0 Å². The first-order chi connectivity index (χ1) is 13.9. The van der Waals surface area contributed by atoms with Crippen molar-refractivity contribution in [2.45, 2.75) is 18.4 Å². The van der Waals surface area contributed by atoms with Crippen LogP contribution in [-0.2, 0) is 21.5 Å². The van der Waals surface area contributed by atoms with Crippen LogP contribution in [0.15, 0.2) is 42.6 Å². The summed E-state index contributed by atoms with van der Waals surface area (Å²) in [5.41, 5.74) is 0.910. The second kappa shape index (κ2) is 6.30. The molecule has 2 aliphatic heterocycles. The van der Waals surface area contributed by atoms with E-state index in [1.165, 1.54) is 16.9 Å². The van der Waals surface area contributed by atoms with Crippen molar-refractivity contribution < 1.29 is 14.0 Å². The Balaban J connectivity index is 1.65. The summed E-state index contributed by atoms with van der Waals surface area (Å²) in [6, 6.07) is 9.44. The maximum absolute atomic E-state index is 14.3. The third-order valence-electron chi connectivity index (χ3n) is 5.40. The molecule has 1 spiro atoms. The third kappa shape index (κ3) is 2.65. The summed E-state index contributed by atoms with van der Waals surface area (Å²) in [6.45, 7) is 0.0682. The molecule has 146 valence electrons. The van der Waals surface area contributed by atoms with Crippen molar-refractivity contribution in [2.24, 2.45) is 0 Å². The van der Waals surface area contributed by atoms with Crippen molar-refractivity contribution >= 4 is 46.5 Å². The van der Waals surface area contributed by atoms with Crippen molar-refractivity contribution in [3.8, 4) is 0 Å². The minimum atomic E-state index is -1.23. The summed E-state index contributed by atoms with van der Waals surface area (Å²) in [5, 5.41) is 10.7. The smallest absolute Gasteiger partial charge is 0.240 e. The van der Waals surface area contributed by atoms with E-state index in [-0.39, 0.29) is 29.8 Å². The lowest BCUT2D eigenvalue weighted by atomic mass is 9.72. The van der Waals surface area contributed by atoms with Gasteiger partial charge in [-0.2, -0.15) is 5.10 Å². The maximum Gasteiger partial charge on any atom is 0.240 e. The molecule has 0 saturated carbocycles. The van der Waals surface area contributed by atoms with Crippen molar-refractivity contribution in [3.63, 3.8) is 0 Å². The zero-order chi connectivity index (χ0) is 20.3. The molecule has 29 heavy (non-hydrogen) atoms. The summed E-state index contributed by atoms with van der Waals surface area (Å²) in [7, 11) is 0. The number of nitrogens with zero attached hydrogens (tertiary/aromatic N) is 2. The molecule has 1 unspecified atom stereocenters. The second-order valence-electron chi connectivity index (χ2n) is 7.07. The molecular formula is C20H13Cl2FN4O2. The van der Waals surface area contributed by atoms with E-state index in [2.05, 4.69) is 15.7 Å². The van der Waals surface area contributed by atoms with Crippen LogP contribution in [0.5, 0.6) is 0 Å². The SMILES string of the molecule is O=C1CC2(C(=O)Nc3ccc(Cl)cc32)c2cnn(Cc3ccc(Cl)cc3F)c2N1. The second-order valence-corrected chi connectivity index (χ2v) is 7.95. The molecule has 0 aliphatic carbocycles. The first kappa shape index (κ1) is 18.1. The number of carbonyl (C=O) groups is 2. The van der Waals surface area contributed by atoms with Crippen LogP contribution in [0.4, 0.5) is 15.9 Å². The lowest BCUT2D eigenvalue weighted by Gasteiger charge is -2.31. The van der Waals surface area contributed by atoms with Gasteiger partial charge >= 0.3 is 0 Å². The van der Waals surface area contributed by atoms with Crippen LogP contribution in [0.1, 0.15) is 23.1 Å². The molecule has 2 amide bonds. The molecule has 1 atom stereocenters. The summed E-state index contributed by atoms with van der Waals surface area (Å²) in [6.07, 6.45) is 1.47. The van der Waals surface area contributed by atoms with Gasteiger partial charge in [-0.05, 0) is 35.9 Å². The summed E-state index contributed by atoms with van der Waals surface area (Å²) in [5.74, 6) is -0.769. The average molecular weight is 431 g/mol. The van der Waals surface area contributed by atoms with Crippen LogP contribution in [-0.4, -0.2) is 21.6 Å². The number of amides is 2. The van der Waals surface area contributed by atoms with E-state index in [1.807, 2.05) is 0 Å². The Morgan fingerprint density at radius 2 is 1.83 bits per heavy atom. The predicted molar refractivity (Wildman–Crippen MR) is 107 cm³/mol. The van der Waals surface area contributed by atoms with E-state index >= 15 is 0 Å². The topological polar surface area (TPSA) is 76.0 Å². The number of nitrogens with one attached hydrogen (secondary N) is 2. The van der Waals surface area contributed by atoms with Gasteiger partial charge in [0.25, 0.3) is 0 Å². The molecule has 0 fully saturated rings. The van der Waals surface area contributed by atoms with E-state index in [4.69, 9.17) is 23.2 Å². The molecule has 2 aliphatic rings. The van der Waals surface area contributed by atoms with Gasteiger partial charge in [0.1, 0.15) is 17.1 Å². The van der Waals surface area contributed by atoms with E-state index in [0.29, 0.717) is 33.2 Å². The zero-order valence-electron chi connectivity index (χ0n) is 14.8. The number of carbonyl (C=O) groups excluding carboxylic acids is 2. The molecule has 2 N–H and O–H groups in total. The largest absolute Gasteiger partial charge is 0.325 e. The Morgan fingerprint density at radius 3 is 2.62 bits per heavy atom. The quantitative estimate of drug-likeness (QED) is 0.645. The van der Waals surface area contributed by atoms with Crippen LogP contribution < -0.4 is 10.6 Å². The van der Waals surface area contributed by atoms with Crippen LogP contribution >= 0.6 is 23.2 Å². The molecule has 9 heteroatoms. The fourth-order valence-corrected chi connectivity index (χ4v) is 4.38. The highest BCUT2D eigenvalue weighted by molar-refractivity contribution is 6.31. The number of rotatable bonds is 2. The third-order valence-corrected chi connectivity index (χ3v) is 5.87. The number of benzene rings is 2. The Kier molecular flexibility index (Phi) is 3.94. The number of hydrogen-bond donors (Lipinski definition) is 2. The highest BCUT2D eigenvalue weighted by Crippen LogP contribution is 2.50. The average Bonchev–Trinajstić information content (AvgIpc) is 3.18. The molecular weight excluding hydrogens is 418 g/mol. The van der Waals surface area contributed by atoms with Gasteiger partial charge in [0.05, 0.1) is 12.7 Å². The fourth-order valence-electron chi connectivity index (χ4n) is 4.05. The van der Waals surface area contributed by atoms with Crippen molar-refractivity contribution in [1.82, 2.24) is 9.78 Å². The summed E-state index contributed by atoms with van der Waals surface area (Å²) < 4.78 is 15.7. The molecule has 3 heterocycles. The van der Waals surface area contributed by atoms with Crippen molar-refractivity contribution in [3.05, 3.63) is 75.1 Å². The molecule has 0 radical (unpaired) electrons. The van der Waals surface area contributed by atoms with E-state index in [0.717, 1.165) is 0 Å². The monoisotopic (exact) mass is 430 g/mol. The lowest BCUT2D eigenvalue weighted by molar-refractivity contribution is -0.125. The Hall–Kier alpha value is -2.90. The fraction of sp³-hybridized carbons (Fsp3) is 0.150. The highest BCUT2D eigenvalue weighted by atomic mass is 35.5. The van der Waals surface area contributed by atoms with Gasteiger partial charge in [0, 0.05) is 33.3 Å². The van der Waals surface area contributed by atoms with Crippen molar-refractivity contribution in [1.29, 1.82) is 0 Å². The Morgan fingerprint density at radius 1 is 1.07 bits per heavy atom. The number of aromatic nitrogens is 2. The number of halogens is 3. The van der Waals surface area contributed by atoms with Gasteiger partial charge in [-0.15, -0.1) is 0 Å². The first-order valence-corrected chi connectivity index (χ1v) is 9.55. The molecule has 5 rings (SSSR count). The van der Waals surface area contributed by atoms with Crippen molar-refractivity contribution in [2.75, 3.05) is 10.6 Å². The molecule has 0 bridgehead atoms. The lowest BCUT2D eigenvalue weighted by Crippen LogP contribution is -2.43. The molecule has 3 aromatic rings. The number of hydrogen-bond acceptors (Lipinski definition) is 3. The first-order valence-electron chi connectivity index (χ1n) is 8.80. The van der Waals surface area contributed by atoms with Gasteiger partial charge in [-0.25, -0.2) is 9.07 Å². The minimum Gasteiger partial charge on any atom is -0.325 e. The summed E-state index contributed by atoms with van der Waals surface area (Å²) >= 11 is 12.0. The van der Waals surface area contributed by atoms with Gasteiger partial charge in [0.15, 0.2) is 0 Å². The van der Waals surface area contributed by atoms with Gasteiger partial charge in [-0.1, -0.05) is 29.3 Å². The van der Waals surface area contributed by atoms with Gasteiger partial charge in [0.2, 0.25) is 11.8 Å².